The van der Waals surface area contributed by atoms with Crippen molar-refractivity contribution in [2.75, 3.05) is 31.0 Å². The van der Waals surface area contributed by atoms with E-state index in [4.69, 9.17) is 14.0 Å². The highest BCUT2D eigenvalue weighted by Gasteiger charge is 2.26. The van der Waals surface area contributed by atoms with Crippen LogP contribution in [0.1, 0.15) is 37.2 Å². The van der Waals surface area contributed by atoms with E-state index in [2.05, 4.69) is 9.88 Å². The Morgan fingerprint density at radius 2 is 1.84 bits per heavy atom. The van der Waals surface area contributed by atoms with E-state index in [-0.39, 0.29) is 22.2 Å². The molecule has 1 N–H and O–H groups in total. The molecule has 0 spiro atoms. The Morgan fingerprint density at radius 1 is 1.09 bits per heavy atom. The fourth-order valence-electron chi connectivity index (χ4n) is 3.64. The van der Waals surface area contributed by atoms with Crippen LogP contribution in [0.4, 0.5) is 5.69 Å². The van der Waals surface area contributed by atoms with Gasteiger partial charge in [-0.2, -0.15) is 0 Å². The summed E-state index contributed by atoms with van der Waals surface area (Å²) < 4.78 is 45.2. The van der Waals surface area contributed by atoms with Crippen LogP contribution in [0.3, 0.4) is 0 Å². The molecule has 3 aromatic rings. The number of carbonyl (C=O) groups is 1. The maximum absolute atomic E-state index is 13.2. The summed E-state index contributed by atoms with van der Waals surface area (Å²) in [7, 11) is -4.00. The molecule has 1 fully saturated rings. The highest BCUT2D eigenvalue weighted by molar-refractivity contribution is 7.92. The van der Waals surface area contributed by atoms with Gasteiger partial charge >= 0.3 is 0 Å². The van der Waals surface area contributed by atoms with E-state index < -0.39 is 10.0 Å². The average Bonchev–Trinajstić information content (AvgIpc) is 3.45. The molecule has 0 atom stereocenters. The van der Waals surface area contributed by atoms with E-state index in [1.807, 2.05) is 13.8 Å². The van der Waals surface area contributed by atoms with Gasteiger partial charge in [0.1, 0.15) is 11.5 Å². The van der Waals surface area contributed by atoms with Crippen LogP contribution in [-0.4, -0.2) is 50.7 Å². The van der Waals surface area contributed by atoms with Gasteiger partial charge in [-0.15, -0.1) is 0 Å². The molecule has 0 aliphatic carbocycles. The third kappa shape index (κ3) is 4.36. The van der Waals surface area contributed by atoms with Gasteiger partial charge in [0, 0.05) is 19.2 Å². The summed E-state index contributed by atoms with van der Waals surface area (Å²) in [6, 6.07) is 9.26. The number of anilines is 1. The number of hydrogen-bond acceptors (Lipinski definition) is 7. The number of ether oxygens (including phenoxy) is 2. The van der Waals surface area contributed by atoms with Crippen molar-refractivity contribution in [1.29, 1.82) is 0 Å². The third-order valence-electron chi connectivity index (χ3n) is 5.15. The van der Waals surface area contributed by atoms with Gasteiger partial charge in [0.15, 0.2) is 11.3 Å². The topological polar surface area (TPSA) is 111 Å². The SMILES string of the molecule is CCOc1ccc(OCC)c(NS(=O)(=O)c2ccc3onc(C(=O)N4CCCC4)c3c2)c1. The van der Waals surface area contributed by atoms with Crippen LogP contribution in [-0.2, 0) is 10.0 Å². The second-order valence-electron chi connectivity index (χ2n) is 7.32. The minimum atomic E-state index is -4.00. The van der Waals surface area contributed by atoms with Crippen LogP contribution in [0.25, 0.3) is 11.0 Å². The largest absolute Gasteiger partial charge is 0.494 e. The van der Waals surface area contributed by atoms with Gasteiger partial charge in [0.05, 0.1) is 29.2 Å². The van der Waals surface area contributed by atoms with Crippen LogP contribution < -0.4 is 14.2 Å². The van der Waals surface area contributed by atoms with Crippen LogP contribution in [0.15, 0.2) is 45.8 Å². The Labute approximate surface area is 186 Å². The zero-order valence-electron chi connectivity index (χ0n) is 18.0. The van der Waals surface area contributed by atoms with Crippen molar-refractivity contribution in [3.8, 4) is 11.5 Å². The third-order valence-corrected chi connectivity index (χ3v) is 6.52. The summed E-state index contributed by atoms with van der Waals surface area (Å²) in [5.41, 5.74) is 0.726. The van der Waals surface area contributed by atoms with E-state index in [1.54, 1.807) is 23.1 Å². The molecule has 1 saturated heterocycles. The van der Waals surface area contributed by atoms with Crippen molar-refractivity contribution < 1.29 is 27.2 Å². The molecule has 0 unspecified atom stereocenters. The Kier molecular flexibility index (Phi) is 6.22. The number of fused-ring (bicyclic) bond motifs is 1. The van der Waals surface area contributed by atoms with Gasteiger partial charge in [0.2, 0.25) is 0 Å². The van der Waals surface area contributed by atoms with E-state index in [9.17, 15) is 13.2 Å². The van der Waals surface area contributed by atoms with E-state index >= 15 is 0 Å². The van der Waals surface area contributed by atoms with Crippen LogP contribution in [0.5, 0.6) is 11.5 Å². The van der Waals surface area contributed by atoms with Gasteiger partial charge < -0.3 is 18.9 Å². The summed E-state index contributed by atoms with van der Waals surface area (Å²) >= 11 is 0. The number of amides is 1. The molecule has 10 heteroatoms. The van der Waals surface area contributed by atoms with Crippen molar-refractivity contribution in [3.05, 3.63) is 42.1 Å². The van der Waals surface area contributed by atoms with E-state index in [1.165, 1.54) is 18.2 Å². The molecule has 0 saturated carbocycles. The van der Waals surface area contributed by atoms with Crippen LogP contribution in [0.2, 0.25) is 0 Å². The number of nitrogens with one attached hydrogen (secondary N) is 1. The number of likely N-dealkylation sites (tertiary alicyclic amines) is 1. The van der Waals surface area contributed by atoms with Gasteiger partial charge in [-0.3, -0.25) is 9.52 Å². The lowest BCUT2D eigenvalue weighted by Gasteiger charge is -2.15. The van der Waals surface area contributed by atoms with Gasteiger partial charge in [-0.25, -0.2) is 8.42 Å². The molecule has 32 heavy (non-hydrogen) atoms. The van der Waals surface area contributed by atoms with E-state index in [0.29, 0.717) is 48.8 Å². The molecule has 0 radical (unpaired) electrons. The minimum Gasteiger partial charge on any atom is -0.494 e. The molecule has 1 aliphatic rings. The first-order valence-corrected chi connectivity index (χ1v) is 12.0. The zero-order chi connectivity index (χ0) is 22.7. The lowest BCUT2D eigenvalue weighted by Crippen LogP contribution is -2.28. The molecule has 170 valence electrons. The number of nitrogens with zero attached hydrogens (tertiary/aromatic N) is 2. The summed E-state index contributed by atoms with van der Waals surface area (Å²) in [6.45, 7) is 5.78. The molecule has 2 aromatic carbocycles. The van der Waals surface area contributed by atoms with Crippen LogP contribution in [0, 0.1) is 0 Å². The summed E-state index contributed by atoms with van der Waals surface area (Å²) in [6.07, 6.45) is 1.88. The molecule has 4 rings (SSSR count). The van der Waals surface area contributed by atoms with Crippen molar-refractivity contribution in [3.63, 3.8) is 0 Å². The number of carbonyl (C=O) groups excluding carboxylic acids is 1. The van der Waals surface area contributed by atoms with Crippen molar-refractivity contribution >= 4 is 32.6 Å². The highest BCUT2D eigenvalue weighted by atomic mass is 32.2. The number of rotatable bonds is 8. The quantitative estimate of drug-likeness (QED) is 0.547. The molecule has 0 bridgehead atoms. The number of sulfonamides is 1. The lowest BCUT2D eigenvalue weighted by molar-refractivity contribution is 0.0784. The Morgan fingerprint density at radius 3 is 2.56 bits per heavy atom. The molecule has 1 aromatic heterocycles. The standard InChI is InChI=1S/C22H25N3O6S/c1-3-29-15-7-9-20(30-4-2)18(13-15)24-32(27,28)16-8-10-19-17(14-16)21(23-31-19)22(26)25-11-5-6-12-25/h7-10,13-14,24H,3-6,11-12H2,1-2H3. The van der Waals surface area contributed by atoms with Crippen molar-refractivity contribution in [2.24, 2.45) is 0 Å². The Bertz CT molecular complexity index is 1230. The first kappa shape index (κ1) is 21.9. The van der Waals surface area contributed by atoms with Crippen molar-refractivity contribution in [1.82, 2.24) is 10.1 Å². The van der Waals surface area contributed by atoms with Crippen molar-refractivity contribution in [2.45, 2.75) is 31.6 Å². The number of benzene rings is 2. The molecule has 1 aliphatic heterocycles. The Hall–Kier alpha value is -3.27. The maximum atomic E-state index is 13.2. The monoisotopic (exact) mass is 459 g/mol. The molecule has 1 amide bonds. The van der Waals surface area contributed by atoms with Gasteiger partial charge in [0.25, 0.3) is 15.9 Å². The van der Waals surface area contributed by atoms with Gasteiger partial charge in [-0.1, -0.05) is 5.16 Å². The molecular formula is C22H25N3O6S. The van der Waals surface area contributed by atoms with Gasteiger partial charge in [-0.05, 0) is 57.0 Å². The zero-order valence-corrected chi connectivity index (χ0v) is 18.8. The smallest absolute Gasteiger partial charge is 0.276 e. The Balaban J connectivity index is 1.68. The highest BCUT2D eigenvalue weighted by Crippen LogP contribution is 2.32. The average molecular weight is 460 g/mol. The summed E-state index contributed by atoms with van der Waals surface area (Å²) in [5, 5.41) is 4.26. The number of hydrogen-bond donors (Lipinski definition) is 1. The predicted octanol–water partition coefficient (Wildman–Crippen LogP) is 3.66. The summed E-state index contributed by atoms with van der Waals surface area (Å²) in [4.78, 5) is 14.5. The predicted molar refractivity (Wildman–Crippen MR) is 119 cm³/mol. The first-order chi connectivity index (χ1) is 15.4. The first-order valence-electron chi connectivity index (χ1n) is 10.5. The fourth-order valence-corrected chi connectivity index (χ4v) is 4.73. The lowest BCUT2D eigenvalue weighted by atomic mass is 10.2. The molecule has 9 nitrogen and oxygen atoms in total. The minimum absolute atomic E-state index is 0.0204. The maximum Gasteiger partial charge on any atom is 0.276 e. The second kappa shape index (κ2) is 9.07. The molecule has 2 heterocycles. The van der Waals surface area contributed by atoms with E-state index in [0.717, 1.165) is 12.8 Å². The normalized spacial score (nSPS) is 14.0. The van der Waals surface area contributed by atoms with Crippen LogP contribution >= 0.6 is 0 Å². The summed E-state index contributed by atoms with van der Waals surface area (Å²) in [5.74, 6) is 0.643. The molecular weight excluding hydrogens is 434 g/mol. The fraction of sp³-hybridized carbons (Fsp3) is 0.364. The number of aromatic nitrogens is 1. The second-order valence-corrected chi connectivity index (χ2v) is 9.00.